The summed E-state index contributed by atoms with van der Waals surface area (Å²) in [4.78, 5) is 3.86. The van der Waals surface area contributed by atoms with Gasteiger partial charge in [0.2, 0.25) is 12.2 Å². The normalized spacial score (nSPS) is 23.4. The van der Waals surface area contributed by atoms with Gasteiger partial charge in [-0.1, -0.05) is 17.7 Å². The largest absolute Gasteiger partial charge is 0.352 e. The number of rotatable bonds is 2. The van der Waals surface area contributed by atoms with E-state index in [1.165, 1.54) is 5.06 Å². The van der Waals surface area contributed by atoms with E-state index in [1.54, 1.807) is 12.1 Å². The number of hydrogen-bond acceptors (Lipinski definition) is 4. The number of benzene rings is 1. The summed E-state index contributed by atoms with van der Waals surface area (Å²) in [7, 11) is 0. The van der Waals surface area contributed by atoms with Crippen LogP contribution in [0.2, 0.25) is 5.02 Å². The molecular formula is C18H26ClN5O. The minimum absolute atomic E-state index is 0.0743. The number of nitriles is 1. The molecule has 1 heterocycles. The van der Waals surface area contributed by atoms with Gasteiger partial charge in [0, 0.05) is 27.8 Å². The lowest BCUT2D eigenvalue weighted by Gasteiger charge is -2.42. The maximum Gasteiger partial charge on any atom is 0.211 e. The Morgan fingerprint density at radius 2 is 2.08 bits per heavy atom. The van der Waals surface area contributed by atoms with Crippen molar-refractivity contribution in [3.8, 4) is 6.19 Å². The van der Waals surface area contributed by atoms with Crippen molar-refractivity contribution in [3.05, 3.63) is 29.3 Å². The highest BCUT2D eigenvalue weighted by Crippen LogP contribution is 2.35. The number of nitrogens with one attached hydrogen (secondary N) is 2. The van der Waals surface area contributed by atoms with Gasteiger partial charge in [0.25, 0.3) is 0 Å². The highest BCUT2D eigenvalue weighted by atomic mass is 35.5. The Kier molecular flexibility index (Phi) is 5.94. The van der Waals surface area contributed by atoms with Crippen LogP contribution in [0.4, 0.5) is 5.69 Å². The topological polar surface area (TPSA) is 83.7 Å². The van der Waals surface area contributed by atoms with Crippen molar-refractivity contribution in [2.24, 2.45) is 4.99 Å². The van der Waals surface area contributed by atoms with Crippen LogP contribution >= 0.6 is 11.6 Å². The molecule has 0 amide bonds. The van der Waals surface area contributed by atoms with Gasteiger partial charge in [-0.2, -0.15) is 10.3 Å². The number of anilines is 1. The Labute approximate surface area is 154 Å². The molecule has 1 aliphatic heterocycles. The molecule has 3 N–H and O–H groups in total. The van der Waals surface area contributed by atoms with Gasteiger partial charge in [-0.25, -0.2) is 0 Å². The third-order valence-electron chi connectivity index (χ3n) is 4.59. The second kappa shape index (κ2) is 7.61. The van der Waals surface area contributed by atoms with Gasteiger partial charge in [-0.05, 0) is 65.2 Å². The lowest BCUT2D eigenvalue weighted by Crippen LogP contribution is -2.53. The Morgan fingerprint density at radius 3 is 2.72 bits per heavy atom. The minimum Gasteiger partial charge on any atom is -0.352 e. The molecule has 1 atom stereocenters. The number of aliphatic imine (C=N–C) groups is 1. The first-order valence-electron chi connectivity index (χ1n) is 8.39. The van der Waals surface area contributed by atoms with Gasteiger partial charge in [-0.15, -0.1) is 4.99 Å². The lowest BCUT2D eigenvalue weighted by atomic mass is 9.94. The van der Waals surface area contributed by atoms with Gasteiger partial charge in [0.1, 0.15) is 0 Å². The summed E-state index contributed by atoms with van der Waals surface area (Å²) in [6, 6.07) is 7.31. The maximum atomic E-state index is 10.6. The summed E-state index contributed by atoms with van der Waals surface area (Å²) in [6.45, 7) is 8.10. The molecule has 0 saturated carbocycles. The summed E-state index contributed by atoms with van der Waals surface area (Å²) in [5, 5.41) is 28.0. The molecule has 6 nitrogen and oxygen atoms in total. The van der Waals surface area contributed by atoms with Crippen LogP contribution in [0.15, 0.2) is 29.3 Å². The molecule has 0 aromatic heterocycles. The second-order valence-corrected chi connectivity index (χ2v) is 8.15. The third-order valence-corrected chi connectivity index (χ3v) is 4.82. The number of hydrogen-bond donors (Lipinski definition) is 3. The smallest absolute Gasteiger partial charge is 0.211 e. The molecule has 0 bridgehead atoms. The number of guanidine groups is 1. The van der Waals surface area contributed by atoms with Crippen LogP contribution in [-0.4, -0.2) is 33.3 Å². The molecule has 136 valence electrons. The summed E-state index contributed by atoms with van der Waals surface area (Å²) in [5.41, 5.74) is 0.0456. The predicted molar refractivity (Wildman–Crippen MR) is 101 cm³/mol. The fraction of sp³-hybridized carbons (Fsp3) is 0.556. The molecule has 0 aliphatic carbocycles. The molecule has 1 aliphatic rings. The van der Waals surface area contributed by atoms with E-state index in [4.69, 9.17) is 16.9 Å². The summed E-state index contributed by atoms with van der Waals surface area (Å²) in [6.07, 6.45) is 4.22. The molecule has 1 saturated heterocycles. The van der Waals surface area contributed by atoms with E-state index in [2.05, 4.69) is 15.6 Å². The van der Waals surface area contributed by atoms with Crippen molar-refractivity contribution in [3.63, 3.8) is 0 Å². The Balaban J connectivity index is 2.14. The summed E-state index contributed by atoms with van der Waals surface area (Å²) >= 11 is 6.01. The van der Waals surface area contributed by atoms with Crippen molar-refractivity contribution >= 4 is 23.2 Å². The third kappa shape index (κ3) is 5.08. The van der Waals surface area contributed by atoms with E-state index in [0.717, 1.165) is 18.5 Å². The molecule has 0 spiro atoms. The summed E-state index contributed by atoms with van der Waals surface area (Å²) < 4.78 is 0. The quantitative estimate of drug-likeness (QED) is 0.420. The van der Waals surface area contributed by atoms with Crippen LogP contribution in [0.3, 0.4) is 0 Å². The van der Waals surface area contributed by atoms with Gasteiger partial charge < -0.3 is 15.8 Å². The zero-order chi connectivity index (χ0) is 18.7. The van der Waals surface area contributed by atoms with E-state index in [-0.39, 0.29) is 11.6 Å². The first kappa shape index (κ1) is 19.5. The van der Waals surface area contributed by atoms with Crippen LogP contribution < -0.4 is 10.6 Å². The lowest BCUT2D eigenvalue weighted by molar-refractivity contribution is -0.221. The molecule has 1 unspecified atom stereocenters. The van der Waals surface area contributed by atoms with Crippen LogP contribution in [0.5, 0.6) is 0 Å². The number of hydroxylamine groups is 2. The monoisotopic (exact) mass is 363 g/mol. The predicted octanol–water partition coefficient (Wildman–Crippen LogP) is 3.98. The van der Waals surface area contributed by atoms with Crippen LogP contribution in [0, 0.1) is 11.5 Å². The zero-order valence-corrected chi connectivity index (χ0v) is 15.9. The van der Waals surface area contributed by atoms with E-state index < -0.39 is 5.54 Å². The average molecular weight is 364 g/mol. The molecule has 7 heteroatoms. The van der Waals surface area contributed by atoms with Crippen LogP contribution in [0.1, 0.15) is 47.0 Å². The Morgan fingerprint density at radius 1 is 1.36 bits per heavy atom. The first-order chi connectivity index (χ1) is 11.6. The van der Waals surface area contributed by atoms with Crippen molar-refractivity contribution in [2.45, 2.75) is 64.1 Å². The summed E-state index contributed by atoms with van der Waals surface area (Å²) in [5.74, 6) is 0.384. The standard InChI is InChI=1S/C18H26ClN5O/c1-17(2)9-8-15(11-18(3,4)24(17)25)23-16(21-12-20)22-14-7-5-6-13(19)10-14/h5-7,10,15,25H,8-9,11H2,1-4H3,(H2,21,22,23). The van der Waals surface area contributed by atoms with E-state index >= 15 is 0 Å². The number of nitrogens with zero attached hydrogens (tertiary/aromatic N) is 3. The second-order valence-electron chi connectivity index (χ2n) is 7.72. The van der Waals surface area contributed by atoms with Crippen molar-refractivity contribution < 1.29 is 5.21 Å². The SMILES string of the molecule is CC1(C)CCC(N/C(=N/C#N)Nc2cccc(Cl)c2)CC(C)(C)N1O. The molecule has 1 fully saturated rings. The van der Waals surface area contributed by atoms with E-state index in [9.17, 15) is 5.21 Å². The van der Waals surface area contributed by atoms with E-state index in [1.807, 2.05) is 46.0 Å². The van der Waals surface area contributed by atoms with Gasteiger partial charge in [-0.3, -0.25) is 0 Å². The van der Waals surface area contributed by atoms with Crippen LogP contribution in [0.25, 0.3) is 0 Å². The Bertz CT molecular complexity index is 680. The van der Waals surface area contributed by atoms with Crippen molar-refractivity contribution in [1.29, 1.82) is 5.26 Å². The molecule has 1 aromatic rings. The molecule has 25 heavy (non-hydrogen) atoms. The number of halogens is 1. The fourth-order valence-electron chi connectivity index (χ4n) is 3.41. The fourth-order valence-corrected chi connectivity index (χ4v) is 3.60. The van der Waals surface area contributed by atoms with Gasteiger partial charge in [0.05, 0.1) is 0 Å². The molecule has 2 rings (SSSR count). The molecular weight excluding hydrogens is 338 g/mol. The molecule has 1 aromatic carbocycles. The highest BCUT2D eigenvalue weighted by molar-refractivity contribution is 6.30. The zero-order valence-electron chi connectivity index (χ0n) is 15.2. The Hall–Kier alpha value is -1.81. The van der Waals surface area contributed by atoms with Gasteiger partial charge >= 0.3 is 0 Å². The van der Waals surface area contributed by atoms with Gasteiger partial charge in [0.15, 0.2) is 0 Å². The minimum atomic E-state index is -0.397. The first-order valence-corrected chi connectivity index (χ1v) is 8.77. The van der Waals surface area contributed by atoms with E-state index in [0.29, 0.717) is 17.4 Å². The van der Waals surface area contributed by atoms with Crippen molar-refractivity contribution in [2.75, 3.05) is 5.32 Å². The highest BCUT2D eigenvalue weighted by Gasteiger charge is 2.42. The van der Waals surface area contributed by atoms with Crippen molar-refractivity contribution in [1.82, 2.24) is 10.4 Å². The maximum absolute atomic E-state index is 10.6. The van der Waals surface area contributed by atoms with Crippen LogP contribution in [-0.2, 0) is 0 Å². The molecule has 0 radical (unpaired) electrons. The average Bonchev–Trinajstić information content (AvgIpc) is 2.58.